The van der Waals surface area contributed by atoms with Crippen LogP contribution >= 0.6 is 0 Å². The zero-order chi connectivity index (χ0) is 8.27. The molecule has 0 aromatic carbocycles. The van der Waals surface area contributed by atoms with Gasteiger partial charge < -0.3 is 10.4 Å². The molecule has 0 saturated carbocycles. The molecule has 1 heterocycles. The van der Waals surface area contributed by atoms with Gasteiger partial charge >= 0.3 is 0 Å². The van der Waals surface area contributed by atoms with Gasteiger partial charge in [-0.25, -0.2) is 5.48 Å². The summed E-state index contributed by atoms with van der Waals surface area (Å²) in [5.74, 6) is -0.483. The fraction of sp³-hybridized carbons (Fsp3) is 0.833. The molecule has 1 saturated heterocycles. The third kappa shape index (κ3) is 2.14. The maximum Gasteiger partial charge on any atom is 0.260 e. The maximum atomic E-state index is 10.8. The SMILES string of the molecule is O=C(NO)C1CC(O)CCN1. The molecule has 0 bridgehead atoms. The summed E-state index contributed by atoms with van der Waals surface area (Å²) < 4.78 is 0. The number of aliphatic hydroxyl groups is 1. The topological polar surface area (TPSA) is 81.6 Å². The first-order valence-corrected chi connectivity index (χ1v) is 3.59. The molecule has 4 N–H and O–H groups in total. The number of carbonyl (C=O) groups excluding carboxylic acids is 1. The van der Waals surface area contributed by atoms with Gasteiger partial charge in [0.2, 0.25) is 0 Å². The molecular weight excluding hydrogens is 148 g/mol. The van der Waals surface area contributed by atoms with Gasteiger partial charge in [-0.2, -0.15) is 0 Å². The van der Waals surface area contributed by atoms with Crippen molar-refractivity contribution in [2.45, 2.75) is 25.0 Å². The van der Waals surface area contributed by atoms with E-state index < -0.39 is 18.1 Å². The van der Waals surface area contributed by atoms with E-state index in [0.29, 0.717) is 19.4 Å². The van der Waals surface area contributed by atoms with Crippen molar-refractivity contribution in [1.82, 2.24) is 10.8 Å². The van der Waals surface area contributed by atoms with E-state index in [1.54, 1.807) is 5.48 Å². The molecule has 5 heteroatoms. The second kappa shape index (κ2) is 3.66. The summed E-state index contributed by atoms with van der Waals surface area (Å²) in [7, 11) is 0. The summed E-state index contributed by atoms with van der Waals surface area (Å²) in [6, 6.07) is -0.455. The molecule has 1 aliphatic heterocycles. The molecule has 1 amide bonds. The third-order valence-electron chi connectivity index (χ3n) is 1.80. The van der Waals surface area contributed by atoms with E-state index in [2.05, 4.69) is 5.32 Å². The molecule has 0 aromatic rings. The standard InChI is InChI=1S/C6H12N2O3/c9-4-1-2-7-5(3-4)6(10)8-11/h4-5,7,9,11H,1-3H2,(H,8,10). The summed E-state index contributed by atoms with van der Waals surface area (Å²) in [4.78, 5) is 10.8. The highest BCUT2D eigenvalue weighted by atomic mass is 16.5. The van der Waals surface area contributed by atoms with Gasteiger partial charge in [0.05, 0.1) is 12.1 Å². The number of amides is 1. The van der Waals surface area contributed by atoms with Crippen molar-refractivity contribution in [3.05, 3.63) is 0 Å². The van der Waals surface area contributed by atoms with Crippen LogP contribution in [0.25, 0.3) is 0 Å². The molecule has 0 aliphatic carbocycles. The highest BCUT2D eigenvalue weighted by molar-refractivity contribution is 5.80. The zero-order valence-electron chi connectivity index (χ0n) is 6.08. The Labute approximate surface area is 64.4 Å². The van der Waals surface area contributed by atoms with Crippen LogP contribution in [-0.4, -0.2) is 34.9 Å². The molecule has 2 atom stereocenters. The summed E-state index contributed by atoms with van der Waals surface area (Å²) in [5, 5.41) is 20.2. The Morgan fingerprint density at radius 2 is 2.36 bits per heavy atom. The van der Waals surface area contributed by atoms with Gasteiger partial charge in [-0.1, -0.05) is 0 Å². The maximum absolute atomic E-state index is 10.8. The number of piperidine rings is 1. The smallest absolute Gasteiger partial charge is 0.260 e. The Kier molecular flexibility index (Phi) is 2.81. The first-order valence-electron chi connectivity index (χ1n) is 3.59. The largest absolute Gasteiger partial charge is 0.393 e. The quantitative estimate of drug-likeness (QED) is 0.281. The Morgan fingerprint density at radius 3 is 2.91 bits per heavy atom. The fourth-order valence-corrected chi connectivity index (χ4v) is 1.18. The van der Waals surface area contributed by atoms with Crippen LogP contribution in [0.4, 0.5) is 0 Å². The number of aliphatic hydroxyl groups excluding tert-OH is 1. The van der Waals surface area contributed by atoms with Crippen molar-refractivity contribution in [2.24, 2.45) is 0 Å². The van der Waals surface area contributed by atoms with Gasteiger partial charge in [-0.3, -0.25) is 10.0 Å². The molecular formula is C6H12N2O3. The number of hydroxylamine groups is 1. The summed E-state index contributed by atoms with van der Waals surface area (Å²) in [6.45, 7) is 0.610. The Bertz CT molecular complexity index is 151. The summed E-state index contributed by atoms with van der Waals surface area (Å²) >= 11 is 0. The van der Waals surface area contributed by atoms with Crippen LogP contribution in [-0.2, 0) is 4.79 Å². The minimum absolute atomic E-state index is 0.367. The van der Waals surface area contributed by atoms with Gasteiger partial charge in [-0.05, 0) is 19.4 Å². The first kappa shape index (κ1) is 8.45. The van der Waals surface area contributed by atoms with Crippen LogP contribution in [0.1, 0.15) is 12.8 Å². The lowest BCUT2D eigenvalue weighted by Crippen LogP contribution is -2.49. The second-order valence-electron chi connectivity index (χ2n) is 2.66. The van der Waals surface area contributed by atoms with Crippen molar-refractivity contribution in [3.63, 3.8) is 0 Å². The zero-order valence-corrected chi connectivity index (χ0v) is 6.08. The number of hydrogen-bond donors (Lipinski definition) is 4. The lowest BCUT2D eigenvalue weighted by atomic mass is 10.0. The lowest BCUT2D eigenvalue weighted by molar-refractivity contribution is -0.132. The van der Waals surface area contributed by atoms with Crippen molar-refractivity contribution in [2.75, 3.05) is 6.54 Å². The van der Waals surface area contributed by atoms with Crippen molar-refractivity contribution >= 4 is 5.91 Å². The molecule has 11 heavy (non-hydrogen) atoms. The van der Waals surface area contributed by atoms with E-state index in [1.807, 2.05) is 0 Å². The predicted molar refractivity (Wildman–Crippen MR) is 37.0 cm³/mol. The Balaban J connectivity index is 2.39. The van der Waals surface area contributed by atoms with Crippen LogP contribution in [0.5, 0.6) is 0 Å². The third-order valence-corrected chi connectivity index (χ3v) is 1.80. The molecule has 5 nitrogen and oxygen atoms in total. The molecule has 0 aromatic heterocycles. The molecule has 1 aliphatic rings. The number of rotatable bonds is 1. The molecule has 1 rings (SSSR count). The van der Waals surface area contributed by atoms with E-state index in [0.717, 1.165) is 0 Å². The Morgan fingerprint density at radius 1 is 1.64 bits per heavy atom. The van der Waals surface area contributed by atoms with Gasteiger partial charge in [0.1, 0.15) is 0 Å². The molecule has 2 unspecified atom stereocenters. The highest BCUT2D eigenvalue weighted by Gasteiger charge is 2.24. The van der Waals surface area contributed by atoms with Crippen LogP contribution in [0.3, 0.4) is 0 Å². The van der Waals surface area contributed by atoms with E-state index in [-0.39, 0.29) is 0 Å². The first-order chi connectivity index (χ1) is 5.24. The van der Waals surface area contributed by atoms with Gasteiger partial charge in [-0.15, -0.1) is 0 Å². The van der Waals surface area contributed by atoms with Crippen LogP contribution < -0.4 is 10.8 Å². The van der Waals surface area contributed by atoms with Crippen molar-refractivity contribution < 1.29 is 15.1 Å². The van der Waals surface area contributed by atoms with Gasteiger partial charge in [0, 0.05) is 0 Å². The van der Waals surface area contributed by atoms with E-state index in [4.69, 9.17) is 10.3 Å². The molecule has 0 spiro atoms. The van der Waals surface area contributed by atoms with Crippen molar-refractivity contribution in [3.8, 4) is 0 Å². The van der Waals surface area contributed by atoms with Crippen LogP contribution in [0, 0.1) is 0 Å². The van der Waals surface area contributed by atoms with E-state index in [9.17, 15) is 4.79 Å². The average Bonchev–Trinajstić information content (AvgIpc) is 2.03. The number of carbonyl (C=O) groups is 1. The Hall–Kier alpha value is -0.650. The summed E-state index contributed by atoms with van der Waals surface area (Å²) in [5.41, 5.74) is 1.54. The number of hydrogen-bond acceptors (Lipinski definition) is 4. The minimum Gasteiger partial charge on any atom is -0.393 e. The van der Waals surface area contributed by atoms with Crippen molar-refractivity contribution in [1.29, 1.82) is 0 Å². The number of nitrogens with one attached hydrogen (secondary N) is 2. The van der Waals surface area contributed by atoms with Crippen LogP contribution in [0.15, 0.2) is 0 Å². The second-order valence-corrected chi connectivity index (χ2v) is 2.66. The predicted octanol–water partition coefficient (Wildman–Crippen LogP) is -1.40. The monoisotopic (exact) mass is 160 g/mol. The van der Waals surface area contributed by atoms with E-state index >= 15 is 0 Å². The average molecular weight is 160 g/mol. The van der Waals surface area contributed by atoms with Crippen LogP contribution in [0.2, 0.25) is 0 Å². The molecule has 64 valence electrons. The van der Waals surface area contributed by atoms with Gasteiger partial charge in [0.25, 0.3) is 5.91 Å². The highest BCUT2D eigenvalue weighted by Crippen LogP contribution is 2.07. The minimum atomic E-state index is -0.483. The lowest BCUT2D eigenvalue weighted by Gasteiger charge is -2.25. The van der Waals surface area contributed by atoms with E-state index in [1.165, 1.54) is 0 Å². The molecule has 1 fully saturated rings. The molecule has 0 radical (unpaired) electrons. The summed E-state index contributed by atoms with van der Waals surface area (Å²) in [6.07, 6.45) is 0.597. The van der Waals surface area contributed by atoms with Gasteiger partial charge in [0.15, 0.2) is 0 Å². The fourth-order valence-electron chi connectivity index (χ4n) is 1.18. The normalized spacial score (nSPS) is 31.5.